The van der Waals surface area contributed by atoms with Gasteiger partial charge in [-0.15, -0.1) is 0 Å². The third kappa shape index (κ3) is 4.25. The van der Waals surface area contributed by atoms with Gasteiger partial charge in [-0.1, -0.05) is 35.4 Å². The number of fused-ring (bicyclic) bond motifs is 2. The lowest BCUT2D eigenvalue weighted by Crippen LogP contribution is -2.14. The van der Waals surface area contributed by atoms with Crippen LogP contribution in [-0.2, 0) is 7.05 Å². The van der Waals surface area contributed by atoms with Gasteiger partial charge in [-0.05, 0) is 68.4 Å². The van der Waals surface area contributed by atoms with Crippen LogP contribution in [0.3, 0.4) is 0 Å². The number of hydrogen-bond acceptors (Lipinski definition) is 4. The van der Waals surface area contributed by atoms with Gasteiger partial charge in [0.15, 0.2) is 0 Å². The summed E-state index contributed by atoms with van der Waals surface area (Å²) in [5.74, 6) is 0. The molecule has 5 nitrogen and oxygen atoms in total. The monoisotopic (exact) mass is 447 g/mol. The predicted molar refractivity (Wildman–Crippen MR) is 143 cm³/mol. The lowest BCUT2D eigenvalue weighted by molar-refractivity contribution is 0.943. The van der Waals surface area contributed by atoms with Crippen LogP contribution in [0.5, 0.6) is 0 Å². The molecule has 3 aromatic carbocycles. The normalized spacial score (nSPS) is 11.9. The van der Waals surface area contributed by atoms with E-state index < -0.39 is 0 Å². The van der Waals surface area contributed by atoms with Crippen molar-refractivity contribution in [3.8, 4) is 11.4 Å². The highest BCUT2D eigenvalue weighted by Gasteiger charge is 2.14. The molecule has 1 aliphatic carbocycles. The van der Waals surface area contributed by atoms with Gasteiger partial charge >= 0.3 is 0 Å². The van der Waals surface area contributed by atoms with Gasteiger partial charge in [-0.3, -0.25) is 0 Å². The molecule has 1 aliphatic heterocycles. The molecule has 0 unspecified atom stereocenters. The Morgan fingerprint density at radius 2 is 1.50 bits per heavy atom. The molecule has 5 rings (SSSR count). The molecule has 1 N–H and O–H groups in total. The first-order valence-corrected chi connectivity index (χ1v) is 11.4. The Kier molecular flexibility index (Phi) is 5.54. The minimum absolute atomic E-state index is 0.874. The average Bonchev–Trinajstić information content (AvgIpc) is 2.82. The zero-order valence-electron chi connectivity index (χ0n) is 20.3. The summed E-state index contributed by atoms with van der Waals surface area (Å²) >= 11 is 0. The van der Waals surface area contributed by atoms with Gasteiger partial charge in [0.1, 0.15) is 0 Å². The van der Waals surface area contributed by atoms with E-state index in [1.54, 1.807) is 0 Å². The van der Waals surface area contributed by atoms with Gasteiger partial charge < -0.3 is 14.8 Å². The van der Waals surface area contributed by atoms with E-state index in [2.05, 4.69) is 115 Å². The van der Waals surface area contributed by atoms with E-state index in [4.69, 9.17) is 9.98 Å². The topological polar surface area (TPSA) is 45.5 Å². The Hall–Kier alpha value is -4.12. The molecule has 0 saturated heterocycles. The minimum atomic E-state index is 0.874. The second-order valence-electron chi connectivity index (χ2n) is 9.03. The molecule has 0 aromatic heterocycles. The summed E-state index contributed by atoms with van der Waals surface area (Å²) in [5.41, 5.74) is 10.4. The van der Waals surface area contributed by atoms with Crippen LogP contribution in [0.1, 0.15) is 11.1 Å². The fraction of sp³-hybridized carbons (Fsp3) is 0.172. The third-order valence-corrected chi connectivity index (χ3v) is 6.15. The Morgan fingerprint density at radius 3 is 2.18 bits per heavy atom. The van der Waals surface area contributed by atoms with E-state index in [0.29, 0.717) is 0 Å². The maximum Gasteiger partial charge on any atom is 0.0896 e. The van der Waals surface area contributed by atoms with Crippen LogP contribution < -0.4 is 15.6 Å². The highest BCUT2D eigenvalue weighted by atomic mass is 15.1. The molecule has 0 saturated carbocycles. The Labute approximate surface area is 200 Å². The minimum Gasteiger partial charge on any atom is -0.378 e. The van der Waals surface area contributed by atoms with E-state index in [-0.39, 0.29) is 0 Å². The summed E-state index contributed by atoms with van der Waals surface area (Å²) in [5, 5.41) is 4.44. The van der Waals surface area contributed by atoms with Crippen molar-refractivity contribution >= 4 is 33.8 Å². The van der Waals surface area contributed by atoms with Crippen LogP contribution in [0.15, 0.2) is 83.9 Å². The first-order valence-electron chi connectivity index (χ1n) is 11.4. The van der Waals surface area contributed by atoms with E-state index >= 15 is 0 Å². The molecular formula is C29H29N5. The maximum absolute atomic E-state index is 5.03. The number of aryl methyl sites for hydroxylation is 3. The average molecular weight is 448 g/mol. The molecule has 1 heterocycles. The molecular weight excluding hydrogens is 418 g/mol. The van der Waals surface area contributed by atoms with Crippen molar-refractivity contribution in [2.45, 2.75) is 13.8 Å². The Balaban J connectivity index is 1.74. The Bertz CT molecular complexity index is 1510. The third-order valence-electron chi connectivity index (χ3n) is 6.15. The second-order valence-corrected chi connectivity index (χ2v) is 9.03. The number of nitrogens with one attached hydrogen (secondary N) is 1. The van der Waals surface area contributed by atoms with Crippen molar-refractivity contribution in [2.75, 3.05) is 24.3 Å². The molecule has 5 heteroatoms. The second kappa shape index (κ2) is 8.67. The van der Waals surface area contributed by atoms with Gasteiger partial charge in [0.2, 0.25) is 0 Å². The van der Waals surface area contributed by atoms with Crippen LogP contribution in [-0.4, -0.2) is 23.6 Å². The fourth-order valence-corrected chi connectivity index (χ4v) is 4.09. The van der Waals surface area contributed by atoms with Gasteiger partial charge in [0, 0.05) is 32.5 Å². The molecule has 170 valence electrons. The summed E-state index contributed by atoms with van der Waals surface area (Å²) in [6.45, 7) is 4.18. The van der Waals surface area contributed by atoms with E-state index in [0.717, 1.165) is 50.5 Å². The van der Waals surface area contributed by atoms with Crippen LogP contribution in [0.25, 0.3) is 22.4 Å². The molecule has 0 bridgehead atoms. The predicted octanol–water partition coefficient (Wildman–Crippen LogP) is 6.34. The molecule has 0 amide bonds. The van der Waals surface area contributed by atoms with Gasteiger partial charge in [0.25, 0.3) is 0 Å². The highest BCUT2D eigenvalue weighted by Crippen LogP contribution is 2.29. The molecule has 0 atom stereocenters. The number of nitrogens with zero attached hydrogens (tertiary/aromatic N) is 4. The number of aromatic nitrogens is 2. The van der Waals surface area contributed by atoms with Crippen molar-refractivity contribution < 1.29 is 0 Å². The number of anilines is 3. The molecule has 0 fully saturated rings. The van der Waals surface area contributed by atoms with Crippen LogP contribution >= 0.6 is 0 Å². The summed E-state index contributed by atoms with van der Waals surface area (Å²) < 4.78 is 2.20. The van der Waals surface area contributed by atoms with Gasteiger partial charge in [-0.25, -0.2) is 9.98 Å². The Morgan fingerprint density at radius 1 is 0.824 bits per heavy atom. The highest BCUT2D eigenvalue weighted by molar-refractivity contribution is 5.84. The van der Waals surface area contributed by atoms with Crippen molar-refractivity contribution in [2.24, 2.45) is 12.0 Å². The van der Waals surface area contributed by atoms with E-state index in [1.165, 1.54) is 11.1 Å². The molecule has 0 radical (unpaired) electrons. The van der Waals surface area contributed by atoms with Crippen molar-refractivity contribution in [1.82, 2.24) is 9.55 Å². The zero-order chi connectivity index (χ0) is 23.8. The smallest absolute Gasteiger partial charge is 0.0896 e. The molecule has 0 spiro atoms. The van der Waals surface area contributed by atoms with Crippen molar-refractivity contribution in [3.05, 3.63) is 95.3 Å². The zero-order valence-corrected chi connectivity index (χ0v) is 20.3. The first kappa shape index (κ1) is 21.7. The number of benzene rings is 4. The molecule has 2 aliphatic rings. The summed E-state index contributed by atoms with van der Waals surface area (Å²) in [6.07, 6.45) is 0. The van der Waals surface area contributed by atoms with Crippen molar-refractivity contribution in [1.29, 1.82) is 0 Å². The lowest BCUT2D eigenvalue weighted by Gasteiger charge is -2.19. The van der Waals surface area contributed by atoms with Crippen LogP contribution in [0.2, 0.25) is 0 Å². The summed E-state index contributed by atoms with van der Waals surface area (Å²) in [4.78, 5) is 12.1. The van der Waals surface area contributed by atoms with E-state index in [1.807, 2.05) is 14.1 Å². The lowest BCUT2D eigenvalue weighted by atomic mass is 10.1. The van der Waals surface area contributed by atoms with Crippen molar-refractivity contribution in [3.63, 3.8) is 0 Å². The standard InChI is InChI=1S/C29H29N5/c1-19-6-10-21(11-7-19)30-24-17-27-29(18-25(24)31-22-12-8-20(2)9-13-22)34(5)28-15-14-23(33(3)4)16-26(28)32-27/h6-18,30H,1-5H3. The number of hydrogen-bond donors (Lipinski definition) is 1. The first-order chi connectivity index (χ1) is 16.4. The quantitative estimate of drug-likeness (QED) is 0.327. The SMILES string of the molecule is Cc1ccc(N=c2cc3n(C)c4ccc(N(C)C)cc4nc-3cc2Nc2ccc(C)cc2)cc1. The van der Waals surface area contributed by atoms with Gasteiger partial charge in [-0.2, -0.15) is 0 Å². The van der Waals surface area contributed by atoms with Crippen LogP contribution in [0, 0.1) is 13.8 Å². The van der Waals surface area contributed by atoms with E-state index in [9.17, 15) is 0 Å². The summed E-state index contributed by atoms with van der Waals surface area (Å²) in [7, 11) is 6.18. The largest absolute Gasteiger partial charge is 0.378 e. The van der Waals surface area contributed by atoms with Gasteiger partial charge in [0.05, 0.1) is 39.2 Å². The maximum atomic E-state index is 5.03. The fourth-order valence-electron chi connectivity index (χ4n) is 4.09. The molecule has 3 aromatic rings. The van der Waals surface area contributed by atoms with Crippen LogP contribution in [0.4, 0.5) is 22.7 Å². The number of rotatable bonds is 4. The summed E-state index contributed by atoms with van der Waals surface area (Å²) in [6, 6.07) is 27.3. The molecule has 34 heavy (non-hydrogen) atoms.